The molecular weight excluding hydrogens is 338 g/mol. The Morgan fingerprint density at radius 1 is 1.04 bits per heavy atom. The SMILES string of the molecule is CC#CCCCCO.Cc1ccc(S(=O)(=O)O)cc1.c1ccncc1. The Bertz CT molecular complexity index is 691. The van der Waals surface area contributed by atoms with Gasteiger partial charge in [-0.3, -0.25) is 9.54 Å². The van der Waals surface area contributed by atoms with E-state index in [0.717, 1.165) is 24.8 Å². The summed E-state index contributed by atoms with van der Waals surface area (Å²) in [6.45, 7) is 3.97. The van der Waals surface area contributed by atoms with Crippen LogP contribution in [0.5, 0.6) is 0 Å². The van der Waals surface area contributed by atoms with Gasteiger partial charge in [0.15, 0.2) is 0 Å². The van der Waals surface area contributed by atoms with Gasteiger partial charge in [0.1, 0.15) is 0 Å². The molecule has 0 saturated heterocycles. The number of aliphatic hydroxyl groups excluding tert-OH is 1. The maximum absolute atomic E-state index is 10.5. The van der Waals surface area contributed by atoms with E-state index in [1.165, 1.54) is 12.1 Å². The van der Waals surface area contributed by atoms with Crippen molar-refractivity contribution in [3.63, 3.8) is 0 Å². The van der Waals surface area contributed by atoms with Gasteiger partial charge in [-0.15, -0.1) is 11.8 Å². The first-order valence-corrected chi connectivity index (χ1v) is 9.25. The second-order valence-electron chi connectivity index (χ2n) is 4.92. The quantitative estimate of drug-likeness (QED) is 0.493. The van der Waals surface area contributed by atoms with Gasteiger partial charge >= 0.3 is 0 Å². The van der Waals surface area contributed by atoms with Crippen molar-refractivity contribution >= 4 is 10.1 Å². The van der Waals surface area contributed by atoms with Crippen molar-refractivity contribution in [2.45, 2.75) is 38.0 Å². The first kappa shape index (κ1) is 22.8. The van der Waals surface area contributed by atoms with Gasteiger partial charge in [-0.05, 0) is 51.0 Å². The zero-order valence-corrected chi connectivity index (χ0v) is 15.4. The van der Waals surface area contributed by atoms with Crippen molar-refractivity contribution in [2.75, 3.05) is 6.61 Å². The lowest BCUT2D eigenvalue weighted by molar-refractivity contribution is 0.285. The highest BCUT2D eigenvalue weighted by Crippen LogP contribution is 2.08. The van der Waals surface area contributed by atoms with Crippen LogP contribution >= 0.6 is 0 Å². The number of benzene rings is 1. The van der Waals surface area contributed by atoms with E-state index in [-0.39, 0.29) is 4.90 Å². The minimum absolute atomic E-state index is 0.0666. The molecule has 0 bridgehead atoms. The Morgan fingerprint density at radius 3 is 2.00 bits per heavy atom. The van der Waals surface area contributed by atoms with Crippen LogP contribution in [0.15, 0.2) is 59.8 Å². The number of hydrogen-bond donors (Lipinski definition) is 2. The molecule has 2 N–H and O–H groups in total. The Morgan fingerprint density at radius 2 is 1.64 bits per heavy atom. The number of unbranched alkanes of at least 4 members (excludes halogenated alkanes) is 2. The molecule has 0 aliphatic carbocycles. The van der Waals surface area contributed by atoms with E-state index in [1.54, 1.807) is 24.5 Å². The minimum Gasteiger partial charge on any atom is -0.396 e. The van der Waals surface area contributed by atoms with Crippen LogP contribution in [0, 0.1) is 18.8 Å². The molecule has 5 nitrogen and oxygen atoms in total. The Hall–Kier alpha value is -2.20. The average Bonchev–Trinajstić information content (AvgIpc) is 2.61. The molecule has 1 aromatic carbocycles. The van der Waals surface area contributed by atoms with Gasteiger partial charge in [0, 0.05) is 25.4 Å². The molecule has 0 atom stereocenters. The Kier molecular flexibility index (Phi) is 12.9. The highest BCUT2D eigenvalue weighted by atomic mass is 32.2. The zero-order chi connectivity index (χ0) is 19.0. The van der Waals surface area contributed by atoms with E-state index in [0.29, 0.717) is 6.61 Å². The standard InChI is InChI=1S/C7H8O3S.C7H12O.C5H5N/c1-6-2-4-7(5-3-6)11(8,9)10;1-2-3-4-5-6-7-8;1-2-4-6-5-3-1/h2-5H,1H3,(H,8,9,10);8H,4-7H2,1H3;1-5H. The van der Waals surface area contributed by atoms with Crippen molar-refractivity contribution in [3.8, 4) is 11.8 Å². The maximum atomic E-state index is 10.5. The Balaban J connectivity index is 0.000000363. The van der Waals surface area contributed by atoms with Crippen LogP contribution in [0.25, 0.3) is 0 Å². The molecule has 2 aromatic rings. The normalized spacial score (nSPS) is 9.44. The number of aromatic nitrogens is 1. The number of hydrogen-bond acceptors (Lipinski definition) is 4. The van der Waals surface area contributed by atoms with Crippen LogP contribution < -0.4 is 0 Å². The van der Waals surface area contributed by atoms with E-state index >= 15 is 0 Å². The smallest absolute Gasteiger partial charge is 0.294 e. The molecule has 1 heterocycles. The molecule has 1 aromatic heterocycles. The van der Waals surface area contributed by atoms with Crippen LogP contribution in [0.4, 0.5) is 0 Å². The number of aryl methyl sites for hydroxylation is 1. The van der Waals surface area contributed by atoms with Crippen LogP contribution in [-0.4, -0.2) is 29.7 Å². The number of aliphatic hydroxyl groups is 1. The summed E-state index contributed by atoms with van der Waals surface area (Å²) in [5, 5.41) is 8.32. The summed E-state index contributed by atoms with van der Waals surface area (Å²) in [5.41, 5.74) is 0.956. The summed E-state index contributed by atoms with van der Waals surface area (Å²) >= 11 is 0. The summed E-state index contributed by atoms with van der Waals surface area (Å²) < 4.78 is 29.6. The van der Waals surface area contributed by atoms with Gasteiger partial charge in [0.2, 0.25) is 0 Å². The lowest BCUT2D eigenvalue weighted by Crippen LogP contribution is -1.96. The van der Waals surface area contributed by atoms with Crippen molar-refractivity contribution < 1.29 is 18.1 Å². The van der Waals surface area contributed by atoms with E-state index in [9.17, 15) is 8.42 Å². The summed E-state index contributed by atoms with van der Waals surface area (Å²) in [7, 11) is -4.02. The fourth-order valence-corrected chi connectivity index (χ4v) is 1.95. The van der Waals surface area contributed by atoms with Crippen LogP contribution in [0.1, 0.15) is 31.7 Å². The third-order valence-electron chi connectivity index (χ3n) is 2.77. The lowest BCUT2D eigenvalue weighted by atomic mass is 10.2. The van der Waals surface area contributed by atoms with Gasteiger partial charge < -0.3 is 5.11 Å². The molecule has 0 saturated carbocycles. The predicted octanol–water partition coefficient (Wildman–Crippen LogP) is 3.50. The molecule has 6 heteroatoms. The molecule has 0 amide bonds. The first-order chi connectivity index (χ1) is 11.9. The maximum Gasteiger partial charge on any atom is 0.294 e. The molecular formula is C19H25NO4S. The topological polar surface area (TPSA) is 87.5 Å². The van der Waals surface area contributed by atoms with Crippen molar-refractivity contribution in [1.29, 1.82) is 0 Å². The summed E-state index contributed by atoms with van der Waals surface area (Å²) in [6, 6.07) is 11.7. The minimum atomic E-state index is -4.02. The van der Waals surface area contributed by atoms with Gasteiger partial charge in [0.05, 0.1) is 4.90 Å². The van der Waals surface area contributed by atoms with Gasteiger partial charge in [0.25, 0.3) is 10.1 Å². The van der Waals surface area contributed by atoms with Gasteiger partial charge in [-0.25, -0.2) is 0 Å². The van der Waals surface area contributed by atoms with E-state index in [2.05, 4.69) is 16.8 Å². The highest BCUT2D eigenvalue weighted by Gasteiger charge is 2.06. The zero-order valence-electron chi connectivity index (χ0n) is 14.6. The van der Waals surface area contributed by atoms with Crippen LogP contribution in [-0.2, 0) is 10.1 Å². The van der Waals surface area contributed by atoms with Crippen molar-refractivity contribution in [2.24, 2.45) is 0 Å². The number of nitrogens with zero attached hydrogens (tertiary/aromatic N) is 1. The molecule has 0 aliphatic heterocycles. The lowest BCUT2D eigenvalue weighted by Gasteiger charge is -1.95. The second-order valence-corrected chi connectivity index (χ2v) is 6.34. The number of rotatable bonds is 4. The van der Waals surface area contributed by atoms with Crippen molar-refractivity contribution in [3.05, 3.63) is 60.4 Å². The molecule has 0 aliphatic rings. The molecule has 0 radical (unpaired) electrons. The van der Waals surface area contributed by atoms with Crippen LogP contribution in [0.3, 0.4) is 0 Å². The summed E-state index contributed by atoms with van der Waals surface area (Å²) in [5.74, 6) is 5.72. The highest BCUT2D eigenvalue weighted by molar-refractivity contribution is 7.85. The van der Waals surface area contributed by atoms with Crippen molar-refractivity contribution in [1.82, 2.24) is 4.98 Å². The second kappa shape index (κ2) is 14.2. The van der Waals surface area contributed by atoms with E-state index in [4.69, 9.17) is 9.66 Å². The molecule has 0 fully saturated rings. The molecule has 2 rings (SSSR count). The number of pyridine rings is 1. The molecule has 136 valence electrons. The molecule has 25 heavy (non-hydrogen) atoms. The van der Waals surface area contributed by atoms with E-state index in [1.807, 2.05) is 32.0 Å². The van der Waals surface area contributed by atoms with Gasteiger partial charge in [-0.2, -0.15) is 8.42 Å². The summed E-state index contributed by atoms with van der Waals surface area (Å²) in [4.78, 5) is 3.72. The molecule has 0 spiro atoms. The predicted molar refractivity (Wildman–Crippen MR) is 99.6 cm³/mol. The fourth-order valence-electron chi connectivity index (χ4n) is 1.47. The third-order valence-corrected chi connectivity index (χ3v) is 3.64. The summed E-state index contributed by atoms with van der Waals surface area (Å²) in [6.07, 6.45) is 6.34. The third kappa shape index (κ3) is 13.9. The fraction of sp³-hybridized carbons (Fsp3) is 0.316. The average molecular weight is 363 g/mol. The Labute approximate surface area is 150 Å². The van der Waals surface area contributed by atoms with Crippen LogP contribution in [0.2, 0.25) is 0 Å². The van der Waals surface area contributed by atoms with E-state index < -0.39 is 10.1 Å². The molecule has 0 unspecified atom stereocenters. The largest absolute Gasteiger partial charge is 0.396 e. The monoisotopic (exact) mass is 363 g/mol. The first-order valence-electron chi connectivity index (χ1n) is 7.81. The van der Waals surface area contributed by atoms with Gasteiger partial charge in [-0.1, -0.05) is 23.8 Å².